The summed E-state index contributed by atoms with van der Waals surface area (Å²) in [6, 6.07) is 22.6. The van der Waals surface area contributed by atoms with E-state index < -0.39 is 0 Å². The third-order valence-electron chi connectivity index (χ3n) is 4.55. The Morgan fingerprint density at radius 3 is 1.56 bits per heavy atom. The number of ether oxygens (including phenoxy) is 1. The zero-order valence-corrected chi connectivity index (χ0v) is 15.6. The van der Waals surface area contributed by atoms with E-state index in [1.807, 2.05) is 36.4 Å². The summed E-state index contributed by atoms with van der Waals surface area (Å²) >= 11 is 0. The standard InChI is InChI=1S/C24H24O3/c1-3-4-23(17-9-15-22(27-2)16-10-17)24(18-5-11-20(25)12-6-18)19-7-13-21(26)14-8-19/h5-16,25-26H,3-4H2,1-2H3. The monoisotopic (exact) mass is 360 g/mol. The molecular formula is C24H24O3. The van der Waals surface area contributed by atoms with Gasteiger partial charge in [-0.2, -0.15) is 0 Å². The Kier molecular flexibility index (Phi) is 5.82. The van der Waals surface area contributed by atoms with Crippen molar-refractivity contribution >= 4 is 11.1 Å². The molecule has 3 aromatic rings. The molecule has 2 N–H and O–H groups in total. The van der Waals surface area contributed by atoms with Crippen molar-refractivity contribution in [3.8, 4) is 17.2 Å². The first-order chi connectivity index (χ1) is 13.1. The number of phenolic OH excluding ortho intramolecular Hbond substituents is 2. The summed E-state index contributed by atoms with van der Waals surface area (Å²) in [5.74, 6) is 1.31. The first-order valence-electron chi connectivity index (χ1n) is 9.08. The van der Waals surface area contributed by atoms with Gasteiger partial charge >= 0.3 is 0 Å². The fourth-order valence-electron chi connectivity index (χ4n) is 3.23. The Morgan fingerprint density at radius 1 is 0.704 bits per heavy atom. The highest BCUT2D eigenvalue weighted by molar-refractivity contribution is 5.98. The summed E-state index contributed by atoms with van der Waals surface area (Å²) in [5, 5.41) is 19.4. The lowest BCUT2D eigenvalue weighted by Crippen LogP contribution is -1.96. The number of allylic oxidation sites excluding steroid dienone is 1. The van der Waals surface area contributed by atoms with Crippen LogP contribution in [0, 0.1) is 0 Å². The lowest BCUT2D eigenvalue weighted by molar-refractivity contribution is 0.415. The van der Waals surface area contributed by atoms with Crippen LogP contribution in [0.25, 0.3) is 11.1 Å². The molecule has 0 saturated carbocycles. The van der Waals surface area contributed by atoms with Crippen LogP contribution >= 0.6 is 0 Å². The molecule has 0 aliphatic heterocycles. The van der Waals surface area contributed by atoms with Gasteiger partial charge < -0.3 is 14.9 Å². The molecule has 0 spiro atoms. The Hall–Kier alpha value is -3.20. The minimum Gasteiger partial charge on any atom is -0.508 e. The predicted octanol–water partition coefficient (Wildman–Crippen LogP) is 5.87. The molecule has 0 aliphatic carbocycles. The van der Waals surface area contributed by atoms with E-state index in [0.29, 0.717) is 0 Å². The molecule has 0 aliphatic rings. The van der Waals surface area contributed by atoms with Crippen LogP contribution in [0.1, 0.15) is 36.5 Å². The zero-order chi connectivity index (χ0) is 19.2. The van der Waals surface area contributed by atoms with Gasteiger partial charge in [0.15, 0.2) is 0 Å². The lowest BCUT2D eigenvalue weighted by atomic mass is 9.87. The molecule has 0 amide bonds. The summed E-state index contributed by atoms with van der Waals surface area (Å²) in [4.78, 5) is 0. The maximum Gasteiger partial charge on any atom is 0.118 e. The highest BCUT2D eigenvalue weighted by Crippen LogP contribution is 2.36. The second-order valence-corrected chi connectivity index (χ2v) is 6.43. The number of methoxy groups -OCH3 is 1. The molecular weight excluding hydrogens is 336 g/mol. The van der Waals surface area contributed by atoms with E-state index in [9.17, 15) is 10.2 Å². The van der Waals surface area contributed by atoms with Crippen LogP contribution in [-0.4, -0.2) is 17.3 Å². The van der Waals surface area contributed by atoms with Gasteiger partial charge in [-0.1, -0.05) is 49.7 Å². The van der Waals surface area contributed by atoms with Gasteiger partial charge in [0.25, 0.3) is 0 Å². The maximum atomic E-state index is 9.70. The highest BCUT2D eigenvalue weighted by atomic mass is 16.5. The fourth-order valence-corrected chi connectivity index (χ4v) is 3.23. The second kappa shape index (κ2) is 8.45. The first-order valence-corrected chi connectivity index (χ1v) is 9.08. The number of phenols is 2. The summed E-state index contributed by atoms with van der Waals surface area (Å²) in [5.41, 5.74) is 5.50. The third-order valence-corrected chi connectivity index (χ3v) is 4.55. The molecule has 0 saturated heterocycles. The van der Waals surface area contributed by atoms with Crippen molar-refractivity contribution < 1.29 is 14.9 Å². The van der Waals surface area contributed by atoms with Crippen molar-refractivity contribution in [2.45, 2.75) is 19.8 Å². The SMILES string of the molecule is CCCC(=C(c1ccc(O)cc1)c1ccc(O)cc1)c1ccc(OC)cc1. The van der Waals surface area contributed by atoms with Gasteiger partial charge in [0, 0.05) is 0 Å². The van der Waals surface area contributed by atoms with E-state index in [1.54, 1.807) is 31.4 Å². The van der Waals surface area contributed by atoms with Gasteiger partial charge in [-0.15, -0.1) is 0 Å². The minimum atomic E-state index is 0.241. The molecule has 0 aromatic heterocycles. The topological polar surface area (TPSA) is 49.7 Å². The van der Waals surface area contributed by atoms with Crippen molar-refractivity contribution in [3.05, 3.63) is 89.5 Å². The quantitative estimate of drug-likeness (QED) is 0.541. The Bertz CT molecular complexity index is 858. The Labute approximate surface area is 160 Å². The molecule has 3 nitrogen and oxygen atoms in total. The van der Waals surface area contributed by atoms with E-state index in [4.69, 9.17) is 4.74 Å². The predicted molar refractivity (Wildman–Crippen MR) is 110 cm³/mol. The highest BCUT2D eigenvalue weighted by Gasteiger charge is 2.14. The van der Waals surface area contributed by atoms with E-state index >= 15 is 0 Å². The molecule has 3 rings (SSSR count). The van der Waals surface area contributed by atoms with Crippen LogP contribution in [0.15, 0.2) is 72.8 Å². The molecule has 0 atom stereocenters. The molecule has 27 heavy (non-hydrogen) atoms. The van der Waals surface area contributed by atoms with E-state index in [2.05, 4.69) is 19.1 Å². The van der Waals surface area contributed by atoms with Gasteiger partial charge in [0.2, 0.25) is 0 Å². The van der Waals surface area contributed by atoms with Crippen molar-refractivity contribution in [1.82, 2.24) is 0 Å². The Balaban J connectivity index is 2.24. The minimum absolute atomic E-state index is 0.241. The van der Waals surface area contributed by atoms with E-state index in [1.165, 1.54) is 5.57 Å². The normalized spacial score (nSPS) is 10.4. The van der Waals surface area contributed by atoms with Crippen LogP contribution < -0.4 is 4.74 Å². The summed E-state index contributed by atoms with van der Waals surface area (Å²) in [6.45, 7) is 2.16. The van der Waals surface area contributed by atoms with Gasteiger partial charge in [0.1, 0.15) is 17.2 Å². The molecule has 0 unspecified atom stereocenters. The average Bonchev–Trinajstić information content (AvgIpc) is 2.70. The second-order valence-electron chi connectivity index (χ2n) is 6.43. The van der Waals surface area contributed by atoms with E-state index in [-0.39, 0.29) is 11.5 Å². The molecule has 138 valence electrons. The maximum absolute atomic E-state index is 9.70. The molecule has 3 heteroatoms. The number of aromatic hydroxyl groups is 2. The summed E-state index contributed by atoms with van der Waals surface area (Å²) in [6.07, 6.45) is 1.91. The first kappa shape index (κ1) is 18.6. The van der Waals surface area contributed by atoms with Crippen molar-refractivity contribution in [2.75, 3.05) is 7.11 Å². The molecule has 3 aromatic carbocycles. The average molecular weight is 360 g/mol. The van der Waals surface area contributed by atoms with Crippen molar-refractivity contribution in [3.63, 3.8) is 0 Å². The zero-order valence-electron chi connectivity index (χ0n) is 15.6. The summed E-state index contributed by atoms with van der Waals surface area (Å²) in [7, 11) is 1.66. The largest absolute Gasteiger partial charge is 0.508 e. The van der Waals surface area contributed by atoms with Gasteiger partial charge in [-0.25, -0.2) is 0 Å². The molecule has 0 fully saturated rings. The van der Waals surface area contributed by atoms with Crippen molar-refractivity contribution in [1.29, 1.82) is 0 Å². The lowest BCUT2D eigenvalue weighted by Gasteiger charge is -2.17. The van der Waals surface area contributed by atoms with E-state index in [0.717, 1.165) is 40.9 Å². The van der Waals surface area contributed by atoms with Crippen LogP contribution in [0.2, 0.25) is 0 Å². The Morgan fingerprint density at radius 2 is 1.15 bits per heavy atom. The van der Waals surface area contributed by atoms with Crippen LogP contribution in [0.4, 0.5) is 0 Å². The number of rotatable bonds is 6. The number of hydrogen-bond donors (Lipinski definition) is 2. The van der Waals surface area contributed by atoms with Crippen LogP contribution in [-0.2, 0) is 0 Å². The van der Waals surface area contributed by atoms with Gasteiger partial charge in [-0.3, -0.25) is 0 Å². The smallest absolute Gasteiger partial charge is 0.118 e. The van der Waals surface area contributed by atoms with Gasteiger partial charge in [-0.05, 0) is 70.7 Å². The molecule has 0 radical (unpaired) electrons. The van der Waals surface area contributed by atoms with Crippen molar-refractivity contribution in [2.24, 2.45) is 0 Å². The molecule has 0 bridgehead atoms. The van der Waals surface area contributed by atoms with Gasteiger partial charge in [0.05, 0.1) is 7.11 Å². The number of benzene rings is 3. The number of hydrogen-bond acceptors (Lipinski definition) is 3. The molecule has 0 heterocycles. The fraction of sp³-hybridized carbons (Fsp3) is 0.167. The van der Waals surface area contributed by atoms with Crippen LogP contribution in [0.3, 0.4) is 0 Å². The third kappa shape index (κ3) is 4.32. The summed E-state index contributed by atoms with van der Waals surface area (Å²) < 4.78 is 5.29. The van der Waals surface area contributed by atoms with Crippen LogP contribution in [0.5, 0.6) is 17.2 Å².